The summed E-state index contributed by atoms with van der Waals surface area (Å²) in [5.41, 5.74) is 0.254. The number of aromatic nitrogens is 1. The number of rotatable bonds is 4. The van der Waals surface area contributed by atoms with Crippen LogP contribution in [0.3, 0.4) is 0 Å². The van der Waals surface area contributed by atoms with Gasteiger partial charge in [0, 0.05) is 19.2 Å². The van der Waals surface area contributed by atoms with E-state index in [-0.39, 0.29) is 27.3 Å². The molecule has 1 aliphatic rings. The van der Waals surface area contributed by atoms with Gasteiger partial charge in [0.25, 0.3) is 10.0 Å². The summed E-state index contributed by atoms with van der Waals surface area (Å²) in [5.74, 6) is -2.86. The summed E-state index contributed by atoms with van der Waals surface area (Å²) >= 11 is 2.18. The number of fused-ring (bicyclic) bond motifs is 1. The van der Waals surface area contributed by atoms with Crippen LogP contribution in [0.1, 0.15) is 12.8 Å². The molecule has 4 rings (SSSR count). The molecule has 1 amide bonds. The van der Waals surface area contributed by atoms with Crippen LogP contribution >= 0.6 is 22.7 Å². The second kappa shape index (κ2) is 7.47. The van der Waals surface area contributed by atoms with E-state index in [1.54, 1.807) is 17.5 Å². The van der Waals surface area contributed by atoms with Gasteiger partial charge in [-0.25, -0.2) is 22.2 Å². The minimum absolute atomic E-state index is 0.0835. The van der Waals surface area contributed by atoms with Crippen LogP contribution in [0, 0.1) is 17.6 Å². The number of amides is 1. The van der Waals surface area contributed by atoms with Crippen LogP contribution in [0.25, 0.3) is 10.2 Å². The Morgan fingerprint density at radius 2 is 2.07 bits per heavy atom. The highest BCUT2D eigenvalue weighted by atomic mass is 32.2. The second-order valence-corrected chi connectivity index (χ2v) is 10.5. The van der Waals surface area contributed by atoms with E-state index in [0.717, 1.165) is 34.8 Å². The van der Waals surface area contributed by atoms with E-state index in [2.05, 4.69) is 10.3 Å². The summed E-state index contributed by atoms with van der Waals surface area (Å²) in [4.78, 5) is 16.7. The quantitative estimate of drug-likeness (QED) is 0.667. The lowest BCUT2D eigenvalue weighted by atomic mass is 9.99. The fourth-order valence-electron chi connectivity index (χ4n) is 3.10. The van der Waals surface area contributed by atoms with Gasteiger partial charge in [0.05, 0.1) is 16.1 Å². The summed E-state index contributed by atoms with van der Waals surface area (Å²) in [5, 5.41) is 4.57. The first-order chi connectivity index (χ1) is 13.3. The van der Waals surface area contributed by atoms with Crippen molar-refractivity contribution in [2.45, 2.75) is 17.1 Å². The van der Waals surface area contributed by atoms with Crippen molar-refractivity contribution in [2.24, 2.45) is 5.92 Å². The van der Waals surface area contributed by atoms with E-state index in [1.807, 2.05) is 0 Å². The first-order valence-corrected chi connectivity index (χ1v) is 11.6. The van der Waals surface area contributed by atoms with Crippen molar-refractivity contribution in [2.75, 3.05) is 18.4 Å². The fraction of sp³-hybridized carbons (Fsp3) is 0.294. The standard InChI is InChI=1S/C17H15F2N3O3S3/c18-11-7-13-14(8-12(11)19)27-17(20-13)21-16(23)10-3-1-5-22(9-10)28(24,25)15-4-2-6-26-15/h2,4,6-8,10H,1,3,5,9H2,(H,20,21,23). The number of carbonyl (C=O) groups excluding carboxylic acids is 1. The smallest absolute Gasteiger partial charge is 0.252 e. The van der Waals surface area contributed by atoms with Gasteiger partial charge in [-0.1, -0.05) is 17.4 Å². The average molecular weight is 444 g/mol. The topological polar surface area (TPSA) is 79.4 Å². The maximum absolute atomic E-state index is 13.3. The van der Waals surface area contributed by atoms with Crippen LogP contribution in [0.5, 0.6) is 0 Å². The Hall–Kier alpha value is -1.95. The predicted molar refractivity (Wildman–Crippen MR) is 104 cm³/mol. The summed E-state index contributed by atoms with van der Waals surface area (Å²) < 4.78 is 54.0. The van der Waals surface area contributed by atoms with Gasteiger partial charge >= 0.3 is 0 Å². The third kappa shape index (κ3) is 3.66. The molecule has 1 aromatic carbocycles. The Balaban J connectivity index is 1.49. The Morgan fingerprint density at radius 1 is 1.29 bits per heavy atom. The van der Waals surface area contributed by atoms with Crippen LogP contribution < -0.4 is 5.32 Å². The Labute approximate surface area is 167 Å². The number of sulfonamides is 1. The zero-order valence-electron chi connectivity index (χ0n) is 14.4. The highest BCUT2D eigenvalue weighted by molar-refractivity contribution is 7.91. The first-order valence-electron chi connectivity index (χ1n) is 8.45. The number of benzene rings is 1. The van der Waals surface area contributed by atoms with E-state index >= 15 is 0 Å². The summed E-state index contributed by atoms with van der Waals surface area (Å²) in [7, 11) is -3.61. The number of thiophene rings is 1. The second-order valence-electron chi connectivity index (χ2n) is 6.38. The average Bonchev–Trinajstić information content (AvgIpc) is 3.32. The monoisotopic (exact) mass is 443 g/mol. The molecule has 3 aromatic rings. The van der Waals surface area contributed by atoms with Crippen LogP contribution in [0.15, 0.2) is 33.9 Å². The fourth-order valence-corrected chi connectivity index (χ4v) is 6.64. The van der Waals surface area contributed by atoms with E-state index < -0.39 is 27.6 Å². The number of anilines is 1. The van der Waals surface area contributed by atoms with Crippen molar-refractivity contribution in [3.63, 3.8) is 0 Å². The van der Waals surface area contributed by atoms with Crippen LogP contribution in [0.2, 0.25) is 0 Å². The number of piperidine rings is 1. The normalized spacial score (nSPS) is 18.4. The third-order valence-electron chi connectivity index (χ3n) is 4.50. The molecule has 0 saturated carbocycles. The van der Waals surface area contributed by atoms with E-state index in [1.165, 1.54) is 4.31 Å². The molecule has 0 aliphatic carbocycles. The van der Waals surface area contributed by atoms with Gasteiger partial charge in [0.1, 0.15) is 4.21 Å². The minimum atomic E-state index is -3.61. The lowest BCUT2D eigenvalue weighted by Gasteiger charge is -2.30. The number of halogens is 2. The third-order valence-corrected chi connectivity index (χ3v) is 8.68. The zero-order chi connectivity index (χ0) is 19.9. The number of thiazole rings is 1. The number of hydrogen-bond acceptors (Lipinski definition) is 6. The van der Waals surface area contributed by atoms with E-state index in [0.29, 0.717) is 24.1 Å². The molecular weight excluding hydrogens is 428 g/mol. The molecule has 28 heavy (non-hydrogen) atoms. The number of carbonyl (C=O) groups is 1. The Kier molecular flexibility index (Phi) is 5.17. The van der Waals surface area contributed by atoms with E-state index in [9.17, 15) is 22.0 Å². The molecule has 2 aromatic heterocycles. The Bertz CT molecular complexity index is 1090. The van der Waals surface area contributed by atoms with Gasteiger partial charge in [-0.05, 0) is 30.4 Å². The van der Waals surface area contributed by atoms with Crippen molar-refractivity contribution in [3.05, 3.63) is 41.3 Å². The summed E-state index contributed by atoms with van der Waals surface area (Å²) in [6, 6.07) is 5.23. The highest BCUT2D eigenvalue weighted by Gasteiger charge is 2.34. The zero-order valence-corrected chi connectivity index (χ0v) is 16.8. The molecule has 148 valence electrons. The number of nitrogens with zero attached hydrogens (tertiary/aromatic N) is 2. The molecule has 11 heteroatoms. The molecule has 1 aliphatic heterocycles. The van der Waals surface area contributed by atoms with Crippen molar-refractivity contribution in [1.82, 2.24) is 9.29 Å². The molecule has 1 unspecified atom stereocenters. The summed E-state index contributed by atoms with van der Waals surface area (Å²) in [6.07, 6.45) is 1.12. The largest absolute Gasteiger partial charge is 0.302 e. The van der Waals surface area contributed by atoms with E-state index in [4.69, 9.17) is 0 Å². The van der Waals surface area contributed by atoms with Gasteiger partial charge < -0.3 is 5.32 Å². The van der Waals surface area contributed by atoms with Gasteiger partial charge in [-0.15, -0.1) is 11.3 Å². The molecule has 1 saturated heterocycles. The predicted octanol–water partition coefficient (Wildman–Crippen LogP) is 3.68. The molecular formula is C17H15F2N3O3S3. The molecule has 3 heterocycles. The van der Waals surface area contributed by atoms with Crippen LogP contribution in [0.4, 0.5) is 13.9 Å². The Morgan fingerprint density at radius 3 is 2.82 bits per heavy atom. The SMILES string of the molecule is O=C(Nc1nc2cc(F)c(F)cc2s1)C1CCCN(S(=O)(=O)c2cccs2)C1. The molecule has 6 nitrogen and oxygen atoms in total. The molecule has 0 spiro atoms. The molecule has 1 atom stereocenters. The maximum atomic E-state index is 13.3. The molecule has 0 radical (unpaired) electrons. The van der Waals surface area contributed by atoms with Crippen molar-refractivity contribution in [1.29, 1.82) is 0 Å². The maximum Gasteiger partial charge on any atom is 0.252 e. The summed E-state index contributed by atoms with van der Waals surface area (Å²) in [6.45, 7) is 0.448. The van der Waals surface area contributed by atoms with Crippen molar-refractivity contribution in [3.8, 4) is 0 Å². The van der Waals surface area contributed by atoms with Crippen LogP contribution in [-0.4, -0.2) is 36.7 Å². The first kappa shape index (κ1) is 19.4. The number of hydrogen-bond donors (Lipinski definition) is 1. The molecule has 1 fully saturated rings. The van der Waals surface area contributed by atoms with Gasteiger partial charge in [-0.2, -0.15) is 4.31 Å². The highest BCUT2D eigenvalue weighted by Crippen LogP contribution is 2.30. The van der Waals surface area contributed by atoms with Gasteiger partial charge in [0.15, 0.2) is 16.8 Å². The molecule has 1 N–H and O–H groups in total. The molecule has 0 bridgehead atoms. The lowest BCUT2D eigenvalue weighted by molar-refractivity contribution is -0.120. The van der Waals surface area contributed by atoms with Gasteiger partial charge in [0.2, 0.25) is 5.91 Å². The minimum Gasteiger partial charge on any atom is -0.302 e. The van der Waals surface area contributed by atoms with Gasteiger partial charge in [-0.3, -0.25) is 4.79 Å². The lowest BCUT2D eigenvalue weighted by Crippen LogP contribution is -2.43. The van der Waals surface area contributed by atoms with Crippen molar-refractivity contribution < 1.29 is 22.0 Å². The van der Waals surface area contributed by atoms with Crippen molar-refractivity contribution >= 4 is 54.0 Å². The number of nitrogens with one attached hydrogen (secondary N) is 1. The van der Waals surface area contributed by atoms with Crippen LogP contribution in [-0.2, 0) is 14.8 Å².